The predicted octanol–water partition coefficient (Wildman–Crippen LogP) is 3.22. The third-order valence-corrected chi connectivity index (χ3v) is 5.09. The van der Waals surface area contributed by atoms with E-state index in [1.54, 1.807) is 25.4 Å². The van der Waals surface area contributed by atoms with Crippen molar-refractivity contribution in [2.24, 2.45) is 5.73 Å². The van der Waals surface area contributed by atoms with E-state index in [4.69, 9.17) is 10.3 Å². The maximum absolute atomic E-state index is 12.5. The van der Waals surface area contributed by atoms with Crippen LogP contribution in [-0.2, 0) is 0 Å². The molecule has 0 aromatic carbocycles. The summed E-state index contributed by atoms with van der Waals surface area (Å²) in [5.41, 5.74) is 8.73. The fourth-order valence-electron chi connectivity index (χ4n) is 3.34. The third-order valence-electron chi connectivity index (χ3n) is 4.51. The molecule has 1 aliphatic rings. The molecule has 1 atom stereocenters. The van der Waals surface area contributed by atoms with Gasteiger partial charge in [0.25, 0.3) is 5.91 Å². The lowest BCUT2D eigenvalue weighted by Gasteiger charge is -2.33. The van der Waals surface area contributed by atoms with Crippen LogP contribution < -0.4 is 16.0 Å². The van der Waals surface area contributed by atoms with Gasteiger partial charge in [-0.3, -0.25) is 4.79 Å². The lowest BCUT2D eigenvalue weighted by Crippen LogP contribution is -2.43. The molecule has 0 radical (unpaired) electrons. The van der Waals surface area contributed by atoms with Gasteiger partial charge in [-0.05, 0) is 35.7 Å². The third kappa shape index (κ3) is 3.80. The van der Waals surface area contributed by atoms with Crippen molar-refractivity contribution >= 4 is 56.7 Å². The van der Waals surface area contributed by atoms with Crippen molar-refractivity contribution in [3.05, 3.63) is 34.4 Å². The molecule has 1 fully saturated rings. The van der Waals surface area contributed by atoms with E-state index in [-0.39, 0.29) is 30.0 Å². The molecule has 4 N–H and O–H groups in total. The molecule has 0 aliphatic carbocycles. The zero-order chi connectivity index (χ0) is 18.3. The zero-order valence-electron chi connectivity index (χ0n) is 14.7. The fraction of sp³-hybridized carbons (Fsp3) is 0.353. The molecule has 8 nitrogen and oxygen atoms in total. The second-order valence-corrected chi connectivity index (χ2v) is 7.36. The summed E-state index contributed by atoms with van der Waals surface area (Å²) in [6.45, 7) is 3.42. The Hall–Kier alpha value is -2.10. The first-order chi connectivity index (χ1) is 12.5. The van der Waals surface area contributed by atoms with Crippen LogP contribution in [0.3, 0.4) is 0 Å². The Bertz CT molecular complexity index is 972. The van der Waals surface area contributed by atoms with E-state index in [1.807, 2.05) is 0 Å². The first-order valence-corrected chi connectivity index (χ1v) is 9.23. The molecular formula is C17H20BrClN6O2. The minimum absolute atomic E-state index is 0. The van der Waals surface area contributed by atoms with Crippen LogP contribution in [-0.4, -0.2) is 40.2 Å². The summed E-state index contributed by atoms with van der Waals surface area (Å²) < 4.78 is 5.85. The molecule has 0 saturated carbocycles. The van der Waals surface area contributed by atoms with Crippen molar-refractivity contribution < 1.29 is 9.32 Å². The number of pyridine rings is 1. The van der Waals surface area contributed by atoms with Crippen LogP contribution in [0.1, 0.15) is 29.1 Å². The number of nitrogens with two attached hydrogens (primary N) is 1. The number of hydrogen-bond acceptors (Lipinski definition) is 6. The van der Waals surface area contributed by atoms with Gasteiger partial charge in [0, 0.05) is 37.6 Å². The number of halogens is 2. The molecule has 0 spiro atoms. The van der Waals surface area contributed by atoms with Crippen molar-refractivity contribution in [3.8, 4) is 0 Å². The van der Waals surface area contributed by atoms with Gasteiger partial charge in [-0.2, -0.15) is 0 Å². The van der Waals surface area contributed by atoms with E-state index in [1.165, 1.54) is 0 Å². The molecule has 3 aromatic heterocycles. The van der Waals surface area contributed by atoms with Gasteiger partial charge in [-0.1, -0.05) is 5.16 Å². The van der Waals surface area contributed by atoms with Crippen LogP contribution >= 0.6 is 28.3 Å². The summed E-state index contributed by atoms with van der Waals surface area (Å²) >= 11 is 3.61. The van der Waals surface area contributed by atoms with Gasteiger partial charge in [0.1, 0.15) is 11.4 Å². The summed E-state index contributed by atoms with van der Waals surface area (Å²) in [4.78, 5) is 22.3. The zero-order valence-corrected chi connectivity index (χ0v) is 17.1. The van der Waals surface area contributed by atoms with Crippen LogP contribution in [0, 0.1) is 6.92 Å². The Morgan fingerprint density at radius 2 is 2.33 bits per heavy atom. The molecule has 1 unspecified atom stereocenters. The Morgan fingerprint density at radius 3 is 3.04 bits per heavy atom. The van der Waals surface area contributed by atoms with Gasteiger partial charge in [-0.25, -0.2) is 4.98 Å². The number of carbonyl (C=O) groups excluding carboxylic acids is 1. The molecule has 1 amide bonds. The SMILES string of the molecule is Cc1cc(C(=O)Nc2c[nH]c3ncc(Br)c(N4CCCC(N)C4)c23)no1.Cl. The summed E-state index contributed by atoms with van der Waals surface area (Å²) in [5.74, 6) is 0.255. The van der Waals surface area contributed by atoms with Crippen molar-refractivity contribution in [3.63, 3.8) is 0 Å². The van der Waals surface area contributed by atoms with E-state index >= 15 is 0 Å². The van der Waals surface area contributed by atoms with Gasteiger partial charge < -0.3 is 25.5 Å². The maximum Gasteiger partial charge on any atom is 0.277 e. The van der Waals surface area contributed by atoms with Gasteiger partial charge in [0.15, 0.2) is 5.69 Å². The maximum atomic E-state index is 12.5. The van der Waals surface area contributed by atoms with Crippen molar-refractivity contribution in [1.29, 1.82) is 0 Å². The quantitative estimate of drug-likeness (QED) is 0.559. The predicted molar refractivity (Wildman–Crippen MR) is 110 cm³/mol. The highest BCUT2D eigenvalue weighted by Gasteiger charge is 2.24. The van der Waals surface area contributed by atoms with E-state index < -0.39 is 0 Å². The fourth-order valence-corrected chi connectivity index (χ4v) is 3.89. The molecule has 144 valence electrons. The number of aryl methyl sites for hydroxylation is 1. The molecule has 27 heavy (non-hydrogen) atoms. The lowest BCUT2D eigenvalue weighted by atomic mass is 10.1. The van der Waals surface area contributed by atoms with E-state index in [0.717, 1.165) is 41.5 Å². The van der Waals surface area contributed by atoms with Crippen LogP contribution in [0.15, 0.2) is 27.5 Å². The first-order valence-electron chi connectivity index (χ1n) is 8.43. The van der Waals surface area contributed by atoms with Crippen LogP contribution in [0.5, 0.6) is 0 Å². The highest BCUT2D eigenvalue weighted by Crippen LogP contribution is 2.38. The van der Waals surface area contributed by atoms with E-state index in [9.17, 15) is 4.79 Å². The van der Waals surface area contributed by atoms with Gasteiger partial charge >= 0.3 is 0 Å². The Labute approximate surface area is 170 Å². The standard InChI is InChI=1S/C17H19BrN6O2.ClH/c1-9-5-12(23-26-9)17(25)22-13-7-21-16-14(13)15(11(18)6-20-16)24-4-2-3-10(19)8-24;/h5-7,10H,2-4,8,19H2,1H3,(H,20,21)(H,22,25);1H. The lowest BCUT2D eigenvalue weighted by molar-refractivity contribution is 0.101. The summed E-state index contributed by atoms with van der Waals surface area (Å²) in [5, 5.41) is 7.52. The summed E-state index contributed by atoms with van der Waals surface area (Å²) in [6.07, 6.45) is 5.55. The minimum Gasteiger partial charge on any atom is -0.368 e. The number of H-pyrrole nitrogens is 1. The molecule has 0 bridgehead atoms. The topological polar surface area (TPSA) is 113 Å². The number of rotatable bonds is 3. The Balaban J connectivity index is 0.00000210. The van der Waals surface area contributed by atoms with Crippen LogP contribution in [0.2, 0.25) is 0 Å². The number of aromatic amines is 1. The van der Waals surface area contributed by atoms with Crippen molar-refractivity contribution in [1.82, 2.24) is 15.1 Å². The number of piperidine rings is 1. The minimum atomic E-state index is -0.330. The molecule has 3 aromatic rings. The number of nitrogens with zero attached hydrogens (tertiary/aromatic N) is 3. The molecule has 1 saturated heterocycles. The largest absolute Gasteiger partial charge is 0.368 e. The number of amides is 1. The van der Waals surface area contributed by atoms with Crippen molar-refractivity contribution in [2.75, 3.05) is 23.3 Å². The molecule has 4 heterocycles. The number of aromatic nitrogens is 3. The number of carbonyl (C=O) groups is 1. The van der Waals surface area contributed by atoms with Gasteiger partial charge in [-0.15, -0.1) is 12.4 Å². The number of fused-ring (bicyclic) bond motifs is 1. The molecule has 4 rings (SSSR count). The monoisotopic (exact) mass is 454 g/mol. The van der Waals surface area contributed by atoms with Gasteiger partial charge in [0.05, 0.1) is 21.2 Å². The summed E-state index contributed by atoms with van der Waals surface area (Å²) in [6, 6.07) is 1.73. The number of anilines is 2. The van der Waals surface area contributed by atoms with E-state index in [0.29, 0.717) is 17.1 Å². The second kappa shape index (κ2) is 7.87. The summed E-state index contributed by atoms with van der Waals surface area (Å²) in [7, 11) is 0. The average molecular weight is 456 g/mol. The first kappa shape index (κ1) is 19.7. The Morgan fingerprint density at radius 1 is 1.52 bits per heavy atom. The smallest absolute Gasteiger partial charge is 0.277 e. The van der Waals surface area contributed by atoms with Crippen LogP contribution in [0.25, 0.3) is 11.0 Å². The normalized spacial score (nSPS) is 17.0. The molecular weight excluding hydrogens is 436 g/mol. The van der Waals surface area contributed by atoms with Gasteiger partial charge in [0.2, 0.25) is 0 Å². The highest BCUT2D eigenvalue weighted by atomic mass is 79.9. The average Bonchev–Trinajstić information content (AvgIpc) is 3.22. The van der Waals surface area contributed by atoms with Crippen LogP contribution in [0.4, 0.5) is 11.4 Å². The molecule has 10 heteroatoms. The number of nitrogens with one attached hydrogen (secondary N) is 2. The van der Waals surface area contributed by atoms with E-state index in [2.05, 4.69) is 41.3 Å². The second-order valence-electron chi connectivity index (χ2n) is 6.51. The highest BCUT2D eigenvalue weighted by molar-refractivity contribution is 9.10. The Kier molecular flexibility index (Phi) is 5.73. The number of hydrogen-bond donors (Lipinski definition) is 3. The molecule has 1 aliphatic heterocycles. The van der Waals surface area contributed by atoms with Crippen molar-refractivity contribution in [2.45, 2.75) is 25.8 Å².